The van der Waals surface area contributed by atoms with E-state index < -0.39 is 18.0 Å². The summed E-state index contributed by atoms with van der Waals surface area (Å²) in [6, 6.07) is 12.1. The van der Waals surface area contributed by atoms with Crippen molar-refractivity contribution in [2.24, 2.45) is 7.05 Å². The minimum Gasteiger partial charge on any atom is -0.449 e. The fourth-order valence-electron chi connectivity index (χ4n) is 3.49. The second-order valence-electron chi connectivity index (χ2n) is 7.61. The van der Waals surface area contributed by atoms with Crippen LogP contribution >= 0.6 is 11.3 Å². The topological polar surface area (TPSA) is 103 Å². The van der Waals surface area contributed by atoms with Crippen molar-refractivity contribution in [1.82, 2.24) is 14.8 Å². The van der Waals surface area contributed by atoms with Gasteiger partial charge in [-0.2, -0.15) is 5.10 Å². The highest BCUT2D eigenvalue weighted by Gasteiger charge is 2.24. The number of hydrogen-bond acceptors (Lipinski definition) is 7. The Balaban J connectivity index is 1.60. The standard InChI is InChI=1S/C24H22N4O4S/c1-13-21-18(12-19(20-9-6-10-33-20)26-22(21)28(4)27-13)24(31)32-15(3)23(30)25-17-8-5-7-16(11-17)14(2)29/h5-12,15H,1-4H3,(H,25,30). The van der Waals surface area contributed by atoms with Gasteiger partial charge in [-0.15, -0.1) is 11.3 Å². The smallest absolute Gasteiger partial charge is 0.339 e. The molecular formula is C24H22N4O4S. The van der Waals surface area contributed by atoms with Gasteiger partial charge in [0.15, 0.2) is 17.5 Å². The molecule has 0 radical (unpaired) electrons. The number of carbonyl (C=O) groups is 3. The number of hydrogen-bond donors (Lipinski definition) is 1. The van der Waals surface area contributed by atoms with Gasteiger partial charge in [0, 0.05) is 18.3 Å². The van der Waals surface area contributed by atoms with Crippen LogP contribution in [0.4, 0.5) is 5.69 Å². The lowest BCUT2D eigenvalue weighted by molar-refractivity contribution is -0.123. The molecule has 3 heterocycles. The van der Waals surface area contributed by atoms with Crippen LogP contribution in [0.2, 0.25) is 0 Å². The monoisotopic (exact) mass is 462 g/mol. The molecule has 8 nitrogen and oxygen atoms in total. The number of pyridine rings is 1. The summed E-state index contributed by atoms with van der Waals surface area (Å²) in [7, 11) is 1.76. The Bertz CT molecular complexity index is 1370. The molecule has 0 saturated heterocycles. The Labute approximate surface area is 194 Å². The zero-order chi connectivity index (χ0) is 23.7. The van der Waals surface area contributed by atoms with E-state index in [2.05, 4.69) is 15.4 Å². The normalized spacial score (nSPS) is 11.9. The summed E-state index contributed by atoms with van der Waals surface area (Å²) < 4.78 is 7.14. The van der Waals surface area contributed by atoms with Gasteiger partial charge in [-0.1, -0.05) is 18.2 Å². The van der Waals surface area contributed by atoms with E-state index in [4.69, 9.17) is 4.74 Å². The Kier molecular flexibility index (Phi) is 6.06. The highest BCUT2D eigenvalue weighted by Crippen LogP contribution is 2.30. The van der Waals surface area contributed by atoms with Crippen LogP contribution in [0.1, 0.15) is 40.3 Å². The molecule has 0 aliphatic carbocycles. The van der Waals surface area contributed by atoms with Gasteiger partial charge in [-0.25, -0.2) is 9.78 Å². The average Bonchev–Trinajstić information content (AvgIpc) is 3.42. The van der Waals surface area contributed by atoms with Gasteiger partial charge in [0.25, 0.3) is 5.91 Å². The number of rotatable bonds is 6. The molecule has 0 aliphatic heterocycles. The van der Waals surface area contributed by atoms with E-state index in [-0.39, 0.29) is 5.78 Å². The van der Waals surface area contributed by atoms with Crippen LogP contribution in [0.15, 0.2) is 47.8 Å². The van der Waals surface area contributed by atoms with Crippen molar-refractivity contribution >= 4 is 45.7 Å². The highest BCUT2D eigenvalue weighted by atomic mass is 32.1. The summed E-state index contributed by atoms with van der Waals surface area (Å²) in [4.78, 5) is 42.9. The van der Waals surface area contributed by atoms with E-state index in [9.17, 15) is 14.4 Å². The molecule has 4 rings (SSSR count). The molecule has 1 atom stereocenters. The molecule has 0 aliphatic rings. The molecule has 9 heteroatoms. The third-order valence-electron chi connectivity index (χ3n) is 5.15. The molecule has 0 spiro atoms. The molecule has 33 heavy (non-hydrogen) atoms. The SMILES string of the molecule is CC(=O)c1cccc(NC(=O)C(C)OC(=O)c2cc(-c3cccs3)nc3c2c(C)nn3C)c1. The predicted molar refractivity (Wildman–Crippen MR) is 127 cm³/mol. The second kappa shape index (κ2) is 8.95. The van der Waals surface area contributed by atoms with E-state index >= 15 is 0 Å². The number of aromatic nitrogens is 3. The maximum Gasteiger partial charge on any atom is 0.339 e. The third-order valence-corrected chi connectivity index (χ3v) is 6.04. The van der Waals surface area contributed by atoms with E-state index in [0.717, 1.165) is 4.88 Å². The molecule has 1 N–H and O–H groups in total. The van der Waals surface area contributed by atoms with E-state index in [1.165, 1.54) is 25.2 Å². The predicted octanol–water partition coefficient (Wildman–Crippen LogP) is 4.39. The largest absolute Gasteiger partial charge is 0.449 e. The fourth-order valence-corrected chi connectivity index (χ4v) is 4.18. The number of fused-ring (bicyclic) bond motifs is 1. The molecule has 1 amide bonds. The van der Waals surface area contributed by atoms with E-state index in [1.807, 2.05) is 17.5 Å². The van der Waals surface area contributed by atoms with E-state index in [0.29, 0.717) is 39.2 Å². The summed E-state index contributed by atoms with van der Waals surface area (Å²) in [5, 5.41) is 9.60. The van der Waals surface area contributed by atoms with Crippen LogP contribution in [-0.4, -0.2) is 38.5 Å². The Morgan fingerprint density at radius 2 is 1.94 bits per heavy atom. The highest BCUT2D eigenvalue weighted by molar-refractivity contribution is 7.13. The third kappa shape index (κ3) is 4.54. The number of thiophene rings is 1. The van der Waals surface area contributed by atoms with Crippen LogP contribution in [0, 0.1) is 6.92 Å². The van der Waals surface area contributed by atoms with E-state index in [1.54, 1.807) is 49.0 Å². The van der Waals surface area contributed by atoms with Gasteiger partial charge in [0.05, 0.1) is 27.2 Å². The van der Waals surface area contributed by atoms with Crippen LogP contribution < -0.4 is 5.32 Å². The van der Waals surface area contributed by atoms with Crippen molar-refractivity contribution in [2.75, 3.05) is 5.32 Å². The second-order valence-corrected chi connectivity index (χ2v) is 8.56. The Morgan fingerprint density at radius 3 is 2.64 bits per heavy atom. The molecule has 1 aromatic carbocycles. The van der Waals surface area contributed by atoms with Crippen LogP contribution in [-0.2, 0) is 16.6 Å². The summed E-state index contributed by atoms with van der Waals surface area (Å²) >= 11 is 1.51. The first-order valence-corrected chi connectivity index (χ1v) is 11.1. The van der Waals surface area contributed by atoms with Crippen molar-refractivity contribution in [3.05, 3.63) is 64.7 Å². The lowest BCUT2D eigenvalue weighted by atomic mass is 10.1. The molecule has 1 unspecified atom stereocenters. The van der Waals surface area contributed by atoms with Gasteiger partial charge in [-0.3, -0.25) is 14.3 Å². The fraction of sp³-hybridized carbons (Fsp3) is 0.208. The average molecular weight is 463 g/mol. The maximum absolute atomic E-state index is 13.1. The number of aryl methyl sites for hydroxylation is 2. The minimum absolute atomic E-state index is 0.110. The van der Waals surface area contributed by atoms with Crippen molar-refractivity contribution in [1.29, 1.82) is 0 Å². The number of nitrogens with zero attached hydrogens (tertiary/aromatic N) is 3. The zero-order valence-electron chi connectivity index (χ0n) is 18.6. The first kappa shape index (κ1) is 22.3. The summed E-state index contributed by atoms with van der Waals surface area (Å²) in [6.07, 6.45) is -1.07. The molecule has 0 fully saturated rings. The summed E-state index contributed by atoms with van der Waals surface area (Å²) in [6.45, 7) is 4.74. The molecule has 168 valence electrons. The van der Waals surface area contributed by atoms with Gasteiger partial charge >= 0.3 is 5.97 Å². The van der Waals surface area contributed by atoms with Gasteiger partial charge in [0.2, 0.25) is 0 Å². The van der Waals surface area contributed by atoms with Gasteiger partial charge in [-0.05, 0) is 50.4 Å². The summed E-state index contributed by atoms with van der Waals surface area (Å²) in [5.74, 6) is -1.26. The van der Waals surface area contributed by atoms with Crippen molar-refractivity contribution in [2.45, 2.75) is 26.9 Å². The number of anilines is 1. The zero-order valence-corrected chi connectivity index (χ0v) is 19.4. The Morgan fingerprint density at radius 1 is 1.15 bits per heavy atom. The number of benzene rings is 1. The maximum atomic E-state index is 13.1. The lowest BCUT2D eigenvalue weighted by Crippen LogP contribution is -2.30. The number of ketones is 1. The molecular weight excluding hydrogens is 440 g/mol. The number of esters is 1. The van der Waals surface area contributed by atoms with Crippen LogP contribution in [0.3, 0.4) is 0 Å². The van der Waals surface area contributed by atoms with Crippen molar-refractivity contribution in [3.8, 4) is 10.6 Å². The molecule has 0 bridgehead atoms. The van der Waals surface area contributed by atoms with Gasteiger partial charge in [0.1, 0.15) is 0 Å². The summed E-state index contributed by atoms with van der Waals surface area (Å²) in [5.41, 5.74) is 3.05. The number of carbonyl (C=O) groups excluding carboxylic acids is 3. The van der Waals surface area contributed by atoms with Gasteiger partial charge < -0.3 is 10.1 Å². The molecule has 0 saturated carbocycles. The number of amides is 1. The van der Waals surface area contributed by atoms with Crippen molar-refractivity contribution < 1.29 is 19.1 Å². The van der Waals surface area contributed by atoms with Crippen LogP contribution in [0.25, 0.3) is 21.6 Å². The number of ether oxygens (including phenoxy) is 1. The van der Waals surface area contributed by atoms with Crippen LogP contribution in [0.5, 0.6) is 0 Å². The Hall–Kier alpha value is -3.85. The quantitative estimate of drug-likeness (QED) is 0.337. The number of nitrogens with one attached hydrogen (secondary N) is 1. The molecule has 3 aromatic heterocycles. The number of Topliss-reactive ketones (excluding diaryl/α,β-unsaturated/α-hetero) is 1. The minimum atomic E-state index is -1.07. The first-order chi connectivity index (χ1) is 15.7. The molecule has 4 aromatic rings. The van der Waals surface area contributed by atoms with Crippen molar-refractivity contribution in [3.63, 3.8) is 0 Å². The lowest BCUT2D eigenvalue weighted by Gasteiger charge is -2.15. The first-order valence-electron chi connectivity index (χ1n) is 10.3.